The van der Waals surface area contributed by atoms with Gasteiger partial charge in [0.15, 0.2) is 0 Å². The van der Waals surface area contributed by atoms with Gasteiger partial charge in [0.25, 0.3) is 0 Å². The summed E-state index contributed by atoms with van der Waals surface area (Å²) in [6, 6.07) is 13.9. The molecule has 2 aliphatic rings. The average Bonchev–Trinajstić information content (AvgIpc) is 2.86. The third-order valence-electron chi connectivity index (χ3n) is 5.42. The van der Waals surface area contributed by atoms with Gasteiger partial charge in [0.2, 0.25) is 5.78 Å². The first-order valence-electron chi connectivity index (χ1n) is 8.96. The molecule has 0 saturated heterocycles. The second-order valence-electron chi connectivity index (χ2n) is 7.34. The second-order valence-corrected chi connectivity index (χ2v) is 7.34. The predicted octanol–water partition coefficient (Wildman–Crippen LogP) is 4.35. The monoisotopic (exact) mass is 358 g/mol. The standard InChI is InChI=1S/C23H22N2O2/c1-23(2)18-13-16(27-4)10-11-19(18)25(3)21(23)14-24-22-17-8-6-5-7-15(17)9-12-20(22)26/h5-14H,1-4H3/b21-14-,24-22?. The summed E-state index contributed by atoms with van der Waals surface area (Å²) in [4.78, 5) is 19.2. The maximum absolute atomic E-state index is 12.4. The van der Waals surface area contributed by atoms with Gasteiger partial charge in [-0.2, -0.15) is 0 Å². The number of methoxy groups -OCH3 is 1. The van der Waals surface area contributed by atoms with E-state index in [1.165, 1.54) is 5.56 Å². The number of likely N-dealkylation sites (N-methyl/N-ethyl adjacent to an activating group) is 1. The van der Waals surface area contributed by atoms with Gasteiger partial charge in [0.05, 0.1) is 7.11 Å². The molecule has 0 radical (unpaired) electrons. The molecule has 0 atom stereocenters. The molecule has 2 aromatic rings. The quantitative estimate of drug-likeness (QED) is 0.801. The van der Waals surface area contributed by atoms with Crippen molar-refractivity contribution in [2.45, 2.75) is 19.3 Å². The Hall–Kier alpha value is -3.14. The summed E-state index contributed by atoms with van der Waals surface area (Å²) in [5.74, 6) is 0.771. The molecule has 0 saturated carbocycles. The smallest absolute Gasteiger partial charge is 0.204 e. The van der Waals surface area contributed by atoms with Crippen LogP contribution in [0.1, 0.15) is 30.5 Å². The topological polar surface area (TPSA) is 41.9 Å². The Labute approximate surface area is 159 Å². The molecule has 4 heteroatoms. The highest BCUT2D eigenvalue weighted by Gasteiger charge is 2.39. The largest absolute Gasteiger partial charge is 0.497 e. The molecular weight excluding hydrogens is 336 g/mol. The minimum atomic E-state index is -0.240. The number of carbonyl (C=O) groups excluding carboxylic acids is 1. The van der Waals surface area contributed by atoms with Crippen LogP contribution in [0.25, 0.3) is 6.08 Å². The number of nitrogens with zero attached hydrogens (tertiary/aromatic N) is 2. The van der Waals surface area contributed by atoms with Crippen LogP contribution >= 0.6 is 0 Å². The molecule has 0 unspecified atom stereocenters. The van der Waals surface area contributed by atoms with Crippen LogP contribution in [-0.4, -0.2) is 25.7 Å². The van der Waals surface area contributed by atoms with Crippen LogP contribution in [0, 0.1) is 0 Å². The summed E-state index contributed by atoms with van der Waals surface area (Å²) in [7, 11) is 3.71. The maximum atomic E-state index is 12.4. The first-order chi connectivity index (χ1) is 12.9. The van der Waals surface area contributed by atoms with E-state index in [2.05, 4.69) is 35.9 Å². The molecule has 1 aliphatic heterocycles. The number of fused-ring (bicyclic) bond motifs is 2. The third kappa shape index (κ3) is 2.69. The van der Waals surface area contributed by atoms with Crippen molar-refractivity contribution in [3.8, 4) is 5.75 Å². The number of ketones is 1. The lowest BCUT2D eigenvalue weighted by molar-refractivity contribution is -0.108. The Morgan fingerprint density at radius 3 is 2.67 bits per heavy atom. The van der Waals surface area contributed by atoms with E-state index < -0.39 is 0 Å². The molecule has 0 aromatic heterocycles. The molecule has 27 heavy (non-hydrogen) atoms. The van der Waals surface area contributed by atoms with Gasteiger partial charge < -0.3 is 9.64 Å². The molecule has 2 aromatic carbocycles. The molecule has 4 rings (SSSR count). The number of benzene rings is 2. The van der Waals surface area contributed by atoms with Crippen molar-refractivity contribution in [3.05, 3.63) is 77.1 Å². The Morgan fingerprint density at radius 2 is 1.89 bits per heavy atom. The van der Waals surface area contributed by atoms with Crippen molar-refractivity contribution in [2.24, 2.45) is 4.99 Å². The third-order valence-corrected chi connectivity index (χ3v) is 5.42. The van der Waals surface area contributed by atoms with Gasteiger partial charge in [-0.15, -0.1) is 0 Å². The summed E-state index contributed by atoms with van der Waals surface area (Å²) in [5, 5.41) is 0. The molecular formula is C23H22N2O2. The zero-order valence-corrected chi connectivity index (χ0v) is 16.0. The van der Waals surface area contributed by atoms with Crippen LogP contribution in [0.15, 0.2) is 65.4 Å². The number of carbonyl (C=O) groups is 1. The molecule has 0 bridgehead atoms. The van der Waals surface area contributed by atoms with Gasteiger partial charge in [0.1, 0.15) is 11.5 Å². The highest BCUT2D eigenvalue weighted by atomic mass is 16.5. The fourth-order valence-electron chi connectivity index (χ4n) is 3.86. The van der Waals surface area contributed by atoms with Gasteiger partial charge in [-0.3, -0.25) is 9.79 Å². The molecule has 0 amide bonds. The lowest BCUT2D eigenvalue weighted by atomic mass is 9.84. The Kier molecular flexibility index (Phi) is 3.99. The van der Waals surface area contributed by atoms with E-state index in [0.717, 1.165) is 28.3 Å². The summed E-state index contributed by atoms with van der Waals surface area (Å²) in [6.45, 7) is 4.33. The van der Waals surface area contributed by atoms with Gasteiger partial charge in [-0.1, -0.05) is 44.2 Å². The van der Waals surface area contributed by atoms with Crippen LogP contribution in [0.4, 0.5) is 5.69 Å². The first kappa shape index (κ1) is 17.3. The number of aliphatic imine (C=N–C) groups is 1. The molecule has 136 valence electrons. The average molecular weight is 358 g/mol. The number of hydrogen-bond donors (Lipinski definition) is 0. The zero-order chi connectivity index (χ0) is 19.2. The van der Waals surface area contributed by atoms with Crippen LogP contribution in [-0.2, 0) is 10.2 Å². The van der Waals surface area contributed by atoms with E-state index in [4.69, 9.17) is 4.74 Å². The normalized spacial score (nSPS) is 20.1. The number of anilines is 1. The maximum Gasteiger partial charge on any atom is 0.204 e. The van der Waals surface area contributed by atoms with E-state index in [1.807, 2.05) is 49.7 Å². The molecule has 0 spiro atoms. The van der Waals surface area contributed by atoms with Crippen LogP contribution in [0.2, 0.25) is 0 Å². The van der Waals surface area contributed by atoms with Gasteiger partial charge >= 0.3 is 0 Å². The molecule has 4 nitrogen and oxygen atoms in total. The van der Waals surface area contributed by atoms with Crippen molar-refractivity contribution in [3.63, 3.8) is 0 Å². The van der Waals surface area contributed by atoms with E-state index in [-0.39, 0.29) is 11.2 Å². The van der Waals surface area contributed by atoms with E-state index in [0.29, 0.717) is 5.71 Å². The van der Waals surface area contributed by atoms with Crippen LogP contribution < -0.4 is 9.64 Å². The van der Waals surface area contributed by atoms with Crippen LogP contribution in [0.5, 0.6) is 5.75 Å². The van der Waals surface area contributed by atoms with E-state index in [1.54, 1.807) is 13.2 Å². The highest BCUT2D eigenvalue weighted by Crippen LogP contribution is 2.48. The SMILES string of the molecule is COc1ccc2c(c1)C(C)(C)/C(=C/N=C1C(=O)C=Cc3ccccc31)N2C. The fourth-order valence-corrected chi connectivity index (χ4v) is 3.86. The molecule has 0 fully saturated rings. The van der Waals surface area contributed by atoms with Crippen LogP contribution in [0.3, 0.4) is 0 Å². The Morgan fingerprint density at radius 1 is 1.11 bits per heavy atom. The van der Waals surface area contributed by atoms with Crippen molar-refractivity contribution in [2.75, 3.05) is 19.1 Å². The summed E-state index contributed by atoms with van der Waals surface area (Å²) in [5.41, 5.74) is 5.49. The lowest BCUT2D eigenvalue weighted by Crippen LogP contribution is -2.23. The van der Waals surface area contributed by atoms with Gasteiger partial charge in [-0.05, 0) is 35.4 Å². The number of allylic oxidation sites excluding steroid dienone is 2. The second kappa shape index (κ2) is 6.23. The number of ether oxygens (including phenoxy) is 1. The zero-order valence-electron chi connectivity index (χ0n) is 16.0. The van der Waals surface area contributed by atoms with Crippen molar-refractivity contribution < 1.29 is 9.53 Å². The Bertz CT molecular complexity index is 1030. The summed E-state index contributed by atoms with van der Waals surface area (Å²) < 4.78 is 5.39. The fraction of sp³-hybridized carbons (Fsp3) is 0.217. The van der Waals surface area contributed by atoms with E-state index in [9.17, 15) is 4.79 Å². The van der Waals surface area contributed by atoms with E-state index >= 15 is 0 Å². The van der Waals surface area contributed by atoms with Gasteiger partial charge in [0, 0.05) is 35.6 Å². The first-order valence-corrected chi connectivity index (χ1v) is 8.96. The van der Waals surface area contributed by atoms with Crippen molar-refractivity contribution >= 4 is 23.3 Å². The van der Waals surface area contributed by atoms with Gasteiger partial charge in [-0.25, -0.2) is 0 Å². The minimum Gasteiger partial charge on any atom is -0.497 e. The summed E-state index contributed by atoms with van der Waals surface area (Å²) in [6.07, 6.45) is 5.26. The molecule has 1 heterocycles. The molecule has 1 aliphatic carbocycles. The van der Waals surface area contributed by atoms with Crippen molar-refractivity contribution in [1.82, 2.24) is 0 Å². The number of rotatable bonds is 2. The predicted molar refractivity (Wildman–Crippen MR) is 110 cm³/mol. The lowest BCUT2D eigenvalue weighted by Gasteiger charge is -2.23. The Balaban J connectivity index is 1.80. The highest BCUT2D eigenvalue weighted by molar-refractivity contribution is 6.52. The minimum absolute atomic E-state index is 0.0665. The van der Waals surface area contributed by atoms with Crippen molar-refractivity contribution in [1.29, 1.82) is 0 Å². The number of hydrogen-bond acceptors (Lipinski definition) is 4. The summed E-state index contributed by atoms with van der Waals surface area (Å²) >= 11 is 0. The molecule has 0 N–H and O–H groups in total.